The molecule has 0 saturated heterocycles. The molecular weight excluding hydrogens is 382 g/mol. The van der Waals surface area contributed by atoms with Gasteiger partial charge in [0.05, 0.1) is 25.1 Å². The highest BCUT2D eigenvalue weighted by Crippen LogP contribution is 2.28. The third-order valence-electron chi connectivity index (χ3n) is 5.17. The SMILES string of the molecule is COc1ccc(C=CC(=O)Nc2ccc3nc4n(c(=O)c3c2)CCCC4)cc1OC. The molecule has 1 amide bonds. The fourth-order valence-electron chi connectivity index (χ4n) is 3.63. The topological polar surface area (TPSA) is 82.5 Å². The molecule has 1 aromatic heterocycles. The number of aromatic nitrogens is 2. The molecule has 0 bridgehead atoms. The number of amides is 1. The Labute approximate surface area is 174 Å². The first-order valence-electron chi connectivity index (χ1n) is 9.83. The molecule has 1 aliphatic heterocycles. The van der Waals surface area contributed by atoms with Gasteiger partial charge >= 0.3 is 0 Å². The van der Waals surface area contributed by atoms with Crippen LogP contribution in [0.3, 0.4) is 0 Å². The maximum atomic E-state index is 12.8. The molecule has 0 saturated carbocycles. The predicted molar refractivity (Wildman–Crippen MR) is 116 cm³/mol. The van der Waals surface area contributed by atoms with Gasteiger partial charge in [0, 0.05) is 24.7 Å². The third-order valence-corrected chi connectivity index (χ3v) is 5.17. The second-order valence-electron chi connectivity index (χ2n) is 7.11. The van der Waals surface area contributed by atoms with Crippen molar-refractivity contribution >= 4 is 28.6 Å². The first-order chi connectivity index (χ1) is 14.6. The van der Waals surface area contributed by atoms with Crippen LogP contribution in [0.2, 0.25) is 0 Å². The van der Waals surface area contributed by atoms with Gasteiger partial charge in [0.25, 0.3) is 5.56 Å². The Kier molecular flexibility index (Phi) is 5.52. The molecule has 7 nitrogen and oxygen atoms in total. The normalized spacial score (nSPS) is 13.3. The summed E-state index contributed by atoms with van der Waals surface area (Å²) >= 11 is 0. The number of carbonyl (C=O) groups excluding carboxylic acids is 1. The number of anilines is 1. The van der Waals surface area contributed by atoms with Crippen LogP contribution in [-0.4, -0.2) is 29.7 Å². The highest BCUT2D eigenvalue weighted by Gasteiger charge is 2.15. The van der Waals surface area contributed by atoms with E-state index in [1.165, 1.54) is 6.08 Å². The number of hydrogen-bond donors (Lipinski definition) is 1. The van der Waals surface area contributed by atoms with Crippen LogP contribution in [0.5, 0.6) is 11.5 Å². The van der Waals surface area contributed by atoms with Crippen molar-refractivity contribution in [1.82, 2.24) is 9.55 Å². The Bertz CT molecular complexity index is 1200. The minimum absolute atomic E-state index is 0.0494. The first-order valence-corrected chi connectivity index (χ1v) is 9.83. The number of nitrogens with one attached hydrogen (secondary N) is 1. The molecule has 0 atom stereocenters. The maximum absolute atomic E-state index is 12.8. The smallest absolute Gasteiger partial charge is 0.261 e. The largest absolute Gasteiger partial charge is 0.493 e. The number of carbonyl (C=O) groups is 1. The lowest BCUT2D eigenvalue weighted by Crippen LogP contribution is -2.28. The van der Waals surface area contributed by atoms with Crippen molar-refractivity contribution in [2.24, 2.45) is 0 Å². The van der Waals surface area contributed by atoms with Crippen LogP contribution in [0.1, 0.15) is 24.2 Å². The number of benzene rings is 2. The van der Waals surface area contributed by atoms with Gasteiger partial charge in [0.15, 0.2) is 11.5 Å². The van der Waals surface area contributed by atoms with Gasteiger partial charge in [-0.3, -0.25) is 14.2 Å². The second kappa shape index (κ2) is 8.41. The lowest BCUT2D eigenvalue weighted by atomic mass is 10.1. The number of hydrogen-bond acceptors (Lipinski definition) is 5. The molecule has 0 radical (unpaired) electrons. The van der Waals surface area contributed by atoms with Gasteiger partial charge in [-0.25, -0.2) is 4.98 Å². The maximum Gasteiger partial charge on any atom is 0.261 e. The molecule has 0 fully saturated rings. The van der Waals surface area contributed by atoms with E-state index < -0.39 is 0 Å². The third kappa shape index (κ3) is 3.91. The first kappa shape index (κ1) is 19.7. The van der Waals surface area contributed by atoms with Crippen LogP contribution in [0.4, 0.5) is 5.69 Å². The van der Waals surface area contributed by atoms with E-state index in [-0.39, 0.29) is 11.5 Å². The molecule has 3 aromatic rings. The molecular formula is C23H23N3O4. The van der Waals surface area contributed by atoms with Crippen LogP contribution in [0.15, 0.2) is 47.3 Å². The Morgan fingerprint density at radius 2 is 1.93 bits per heavy atom. The van der Waals surface area contributed by atoms with Crippen molar-refractivity contribution < 1.29 is 14.3 Å². The van der Waals surface area contributed by atoms with Crippen LogP contribution in [0, 0.1) is 0 Å². The zero-order chi connectivity index (χ0) is 21.1. The Balaban J connectivity index is 1.54. The van der Waals surface area contributed by atoms with E-state index >= 15 is 0 Å². The molecule has 0 unspecified atom stereocenters. The van der Waals surface area contributed by atoms with E-state index in [1.54, 1.807) is 55.2 Å². The van der Waals surface area contributed by atoms with Crippen molar-refractivity contribution in [3.8, 4) is 11.5 Å². The van der Waals surface area contributed by atoms with Crippen molar-refractivity contribution in [3.05, 3.63) is 64.2 Å². The molecule has 2 aromatic carbocycles. The summed E-state index contributed by atoms with van der Waals surface area (Å²) in [6.07, 6.45) is 5.98. The van der Waals surface area contributed by atoms with Gasteiger partial charge in [0.2, 0.25) is 5.91 Å². The lowest BCUT2D eigenvalue weighted by Gasteiger charge is -2.17. The summed E-state index contributed by atoms with van der Waals surface area (Å²) in [7, 11) is 3.13. The number of nitrogens with zero attached hydrogens (tertiary/aromatic N) is 2. The Morgan fingerprint density at radius 1 is 1.10 bits per heavy atom. The van der Waals surface area contributed by atoms with Gasteiger partial charge < -0.3 is 14.8 Å². The summed E-state index contributed by atoms with van der Waals surface area (Å²) in [4.78, 5) is 29.8. The van der Waals surface area contributed by atoms with Crippen LogP contribution in [-0.2, 0) is 17.8 Å². The van der Waals surface area contributed by atoms with E-state index in [4.69, 9.17) is 9.47 Å². The van der Waals surface area contributed by atoms with Gasteiger partial charge in [-0.05, 0) is 54.8 Å². The Morgan fingerprint density at radius 3 is 2.73 bits per heavy atom. The van der Waals surface area contributed by atoms with E-state index in [0.717, 1.165) is 30.7 Å². The zero-order valence-corrected chi connectivity index (χ0v) is 17.0. The molecule has 30 heavy (non-hydrogen) atoms. The summed E-state index contributed by atoms with van der Waals surface area (Å²) in [6.45, 7) is 0.696. The number of methoxy groups -OCH3 is 2. The van der Waals surface area contributed by atoms with Crippen molar-refractivity contribution in [2.45, 2.75) is 25.8 Å². The van der Waals surface area contributed by atoms with Crippen LogP contribution in [0.25, 0.3) is 17.0 Å². The quantitative estimate of drug-likeness (QED) is 0.658. The van der Waals surface area contributed by atoms with E-state index in [9.17, 15) is 9.59 Å². The number of aryl methyl sites for hydroxylation is 1. The zero-order valence-electron chi connectivity index (χ0n) is 17.0. The number of ether oxygens (including phenoxy) is 2. The minimum Gasteiger partial charge on any atom is -0.493 e. The van der Waals surface area contributed by atoms with Gasteiger partial charge in [0.1, 0.15) is 5.82 Å². The summed E-state index contributed by atoms with van der Waals surface area (Å²) in [6, 6.07) is 10.6. The highest BCUT2D eigenvalue weighted by molar-refractivity contribution is 6.02. The van der Waals surface area contributed by atoms with Crippen molar-refractivity contribution in [3.63, 3.8) is 0 Å². The van der Waals surface area contributed by atoms with E-state index in [2.05, 4.69) is 10.3 Å². The summed E-state index contributed by atoms with van der Waals surface area (Å²) in [5.41, 5.74) is 1.97. The summed E-state index contributed by atoms with van der Waals surface area (Å²) in [5, 5.41) is 3.32. The molecule has 0 aliphatic carbocycles. The van der Waals surface area contributed by atoms with Gasteiger partial charge in [-0.2, -0.15) is 0 Å². The van der Waals surface area contributed by atoms with Crippen molar-refractivity contribution in [1.29, 1.82) is 0 Å². The minimum atomic E-state index is -0.296. The molecule has 7 heteroatoms. The fourth-order valence-corrected chi connectivity index (χ4v) is 3.63. The van der Waals surface area contributed by atoms with E-state index in [0.29, 0.717) is 34.6 Å². The van der Waals surface area contributed by atoms with E-state index in [1.807, 2.05) is 6.07 Å². The summed E-state index contributed by atoms with van der Waals surface area (Å²) in [5.74, 6) is 1.76. The monoisotopic (exact) mass is 405 g/mol. The number of fused-ring (bicyclic) bond motifs is 2. The number of rotatable bonds is 5. The van der Waals surface area contributed by atoms with Crippen molar-refractivity contribution in [2.75, 3.05) is 19.5 Å². The average molecular weight is 405 g/mol. The van der Waals surface area contributed by atoms with Gasteiger partial charge in [-0.15, -0.1) is 0 Å². The highest BCUT2D eigenvalue weighted by atomic mass is 16.5. The lowest BCUT2D eigenvalue weighted by molar-refractivity contribution is -0.111. The Hall–Kier alpha value is -3.61. The molecule has 1 N–H and O–H groups in total. The molecule has 4 rings (SSSR count). The predicted octanol–water partition coefficient (Wildman–Crippen LogP) is 3.40. The molecule has 1 aliphatic rings. The average Bonchev–Trinajstić information content (AvgIpc) is 2.78. The standard InChI is InChI=1S/C23H23N3O4/c1-29-19-10-6-15(13-20(19)30-2)7-11-22(27)24-16-8-9-18-17(14-16)23(28)26-12-4-3-5-21(26)25-18/h6-11,13-14H,3-5,12H2,1-2H3,(H,24,27). The molecule has 2 heterocycles. The second-order valence-corrected chi connectivity index (χ2v) is 7.11. The van der Waals surface area contributed by atoms with Crippen LogP contribution < -0.4 is 20.3 Å². The molecule has 154 valence electrons. The van der Waals surface area contributed by atoms with Crippen LogP contribution >= 0.6 is 0 Å². The van der Waals surface area contributed by atoms with Gasteiger partial charge in [-0.1, -0.05) is 6.07 Å². The summed E-state index contributed by atoms with van der Waals surface area (Å²) < 4.78 is 12.2. The fraction of sp³-hybridized carbons (Fsp3) is 0.261. The molecule has 0 spiro atoms.